The molecule has 2 aliphatic heterocycles. The molecule has 3 aromatic rings. The van der Waals surface area contributed by atoms with E-state index in [1.54, 1.807) is 23.5 Å². The van der Waals surface area contributed by atoms with E-state index in [9.17, 15) is 4.79 Å². The van der Waals surface area contributed by atoms with E-state index in [4.69, 9.17) is 14.0 Å². The van der Waals surface area contributed by atoms with Gasteiger partial charge < -0.3 is 18.9 Å². The number of carbonyl (C=O) groups is 1. The van der Waals surface area contributed by atoms with Crippen LogP contribution in [0.15, 0.2) is 46.3 Å². The number of fused-ring (bicyclic) bond motifs is 1. The van der Waals surface area contributed by atoms with Crippen LogP contribution in [0.2, 0.25) is 0 Å². The monoisotopic (exact) mass is 395 g/mol. The molecule has 0 saturated carbocycles. The number of aromatic nitrogens is 2. The van der Waals surface area contributed by atoms with Crippen molar-refractivity contribution in [1.29, 1.82) is 0 Å². The summed E-state index contributed by atoms with van der Waals surface area (Å²) in [7, 11) is 0. The van der Waals surface area contributed by atoms with Crippen LogP contribution in [0.3, 0.4) is 0 Å². The molecular weight excluding hydrogens is 378 g/mol. The topological polar surface area (TPSA) is 77.7 Å². The zero-order valence-electron chi connectivity index (χ0n) is 14.9. The molecule has 1 amide bonds. The highest BCUT2D eigenvalue weighted by Gasteiger charge is 2.30. The van der Waals surface area contributed by atoms with Gasteiger partial charge in [-0.1, -0.05) is 17.3 Å². The highest BCUT2D eigenvalue weighted by atomic mass is 32.1. The fraction of sp³-hybridized carbons (Fsp3) is 0.250. The van der Waals surface area contributed by atoms with Crippen molar-refractivity contribution in [1.82, 2.24) is 15.0 Å². The third kappa shape index (κ3) is 3.27. The summed E-state index contributed by atoms with van der Waals surface area (Å²) in [6, 6.07) is 9.51. The van der Waals surface area contributed by atoms with Gasteiger partial charge in [-0.2, -0.15) is 4.98 Å². The van der Waals surface area contributed by atoms with Gasteiger partial charge >= 0.3 is 0 Å². The third-order valence-electron chi connectivity index (χ3n) is 4.85. The summed E-state index contributed by atoms with van der Waals surface area (Å²) >= 11 is 1.56. The second-order valence-electron chi connectivity index (χ2n) is 6.65. The van der Waals surface area contributed by atoms with E-state index in [1.165, 1.54) is 0 Å². The van der Waals surface area contributed by atoms with Crippen LogP contribution in [0.25, 0.3) is 16.8 Å². The number of thiophene rings is 1. The van der Waals surface area contributed by atoms with E-state index in [0.29, 0.717) is 30.6 Å². The number of benzene rings is 1. The Hall–Kier alpha value is -3.13. The molecule has 142 valence electrons. The average Bonchev–Trinajstić information content (AvgIpc) is 3.50. The summed E-state index contributed by atoms with van der Waals surface area (Å²) in [5.41, 5.74) is 0.895. The van der Waals surface area contributed by atoms with Crippen LogP contribution in [0.5, 0.6) is 11.5 Å². The first-order valence-corrected chi connectivity index (χ1v) is 9.88. The molecule has 28 heavy (non-hydrogen) atoms. The Morgan fingerprint density at radius 1 is 1.25 bits per heavy atom. The quantitative estimate of drug-likeness (QED) is 0.629. The summed E-state index contributed by atoms with van der Waals surface area (Å²) in [4.78, 5) is 19.8. The van der Waals surface area contributed by atoms with E-state index in [1.807, 2.05) is 40.6 Å². The molecule has 0 bridgehead atoms. The molecule has 0 aliphatic carbocycles. The van der Waals surface area contributed by atoms with E-state index in [0.717, 1.165) is 22.6 Å². The van der Waals surface area contributed by atoms with Gasteiger partial charge in [0.15, 0.2) is 17.3 Å². The summed E-state index contributed by atoms with van der Waals surface area (Å²) in [6.07, 6.45) is 4.21. The van der Waals surface area contributed by atoms with Crippen molar-refractivity contribution < 1.29 is 18.8 Å². The molecule has 4 heterocycles. The first kappa shape index (κ1) is 17.0. The highest BCUT2D eigenvalue weighted by Crippen LogP contribution is 2.33. The maximum absolute atomic E-state index is 12.5. The Kier molecular flexibility index (Phi) is 4.32. The number of nitrogens with zero attached hydrogens (tertiary/aromatic N) is 3. The molecule has 0 unspecified atom stereocenters. The smallest absolute Gasteiger partial charge is 0.267 e. The number of carbonyl (C=O) groups excluding carboxylic acids is 1. The van der Waals surface area contributed by atoms with Crippen molar-refractivity contribution >= 4 is 23.3 Å². The van der Waals surface area contributed by atoms with Gasteiger partial charge in [-0.25, -0.2) is 0 Å². The lowest BCUT2D eigenvalue weighted by molar-refractivity contribution is -0.124. The fourth-order valence-electron chi connectivity index (χ4n) is 3.36. The van der Waals surface area contributed by atoms with Crippen molar-refractivity contribution in [3.05, 3.63) is 53.2 Å². The minimum absolute atomic E-state index is 0.0258. The van der Waals surface area contributed by atoms with Crippen LogP contribution in [-0.4, -0.2) is 40.8 Å². The largest absolute Gasteiger partial charge is 0.454 e. The molecule has 2 aromatic heterocycles. The molecule has 1 aromatic carbocycles. The van der Waals surface area contributed by atoms with Gasteiger partial charge in [-0.15, -0.1) is 11.3 Å². The fourth-order valence-corrected chi connectivity index (χ4v) is 4.01. The minimum atomic E-state index is -0.0258. The van der Waals surface area contributed by atoms with Gasteiger partial charge in [0.05, 0.1) is 4.88 Å². The summed E-state index contributed by atoms with van der Waals surface area (Å²) < 4.78 is 16.0. The molecule has 8 heteroatoms. The second kappa shape index (κ2) is 7.12. The zero-order chi connectivity index (χ0) is 18.9. The Labute approximate surface area is 165 Å². The number of rotatable bonds is 4. The predicted octanol–water partition coefficient (Wildman–Crippen LogP) is 3.56. The Balaban J connectivity index is 1.23. The number of ether oxygens (including phenoxy) is 2. The molecule has 7 nitrogen and oxygen atoms in total. The van der Waals surface area contributed by atoms with Gasteiger partial charge in [0.2, 0.25) is 12.7 Å². The Morgan fingerprint density at radius 2 is 2.18 bits per heavy atom. The maximum Gasteiger partial charge on any atom is 0.267 e. The SMILES string of the molecule is O=C(/C=C\c1ccc2c(c1)OCO2)N1CC[C@@H](c2noc(-c3cccs3)n2)C1. The molecular formula is C20H17N3O4S. The molecule has 0 spiro atoms. The van der Waals surface area contributed by atoms with Crippen molar-refractivity contribution in [2.45, 2.75) is 12.3 Å². The van der Waals surface area contributed by atoms with Gasteiger partial charge in [-0.05, 0) is 41.6 Å². The van der Waals surface area contributed by atoms with E-state index >= 15 is 0 Å². The van der Waals surface area contributed by atoms with Crippen LogP contribution < -0.4 is 9.47 Å². The number of likely N-dealkylation sites (tertiary alicyclic amines) is 1. The maximum atomic E-state index is 12.5. The van der Waals surface area contributed by atoms with Crippen molar-refractivity contribution in [3.63, 3.8) is 0 Å². The molecule has 5 rings (SSSR count). The van der Waals surface area contributed by atoms with Gasteiger partial charge in [-0.3, -0.25) is 4.79 Å². The minimum Gasteiger partial charge on any atom is -0.454 e. The van der Waals surface area contributed by atoms with Crippen molar-refractivity contribution in [2.75, 3.05) is 19.9 Å². The van der Waals surface area contributed by atoms with Gasteiger partial charge in [0.25, 0.3) is 5.89 Å². The molecule has 0 radical (unpaired) electrons. The zero-order valence-corrected chi connectivity index (χ0v) is 15.7. The van der Waals surface area contributed by atoms with Gasteiger partial charge in [0.1, 0.15) is 0 Å². The molecule has 0 N–H and O–H groups in total. The number of hydrogen-bond donors (Lipinski definition) is 0. The molecule has 2 aliphatic rings. The summed E-state index contributed by atoms with van der Waals surface area (Å²) in [5, 5.41) is 6.09. The van der Waals surface area contributed by atoms with E-state index < -0.39 is 0 Å². The van der Waals surface area contributed by atoms with Crippen LogP contribution >= 0.6 is 11.3 Å². The van der Waals surface area contributed by atoms with Crippen molar-refractivity contribution in [2.24, 2.45) is 0 Å². The van der Waals surface area contributed by atoms with Crippen LogP contribution in [0.4, 0.5) is 0 Å². The number of amides is 1. The molecule has 1 atom stereocenters. The highest BCUT2D eigenvalue weighted by molar-refractivity contribution is 7.13. The second-order valence-corrected chi connectivity index (χ2v) is 7.60. The molecule has 1 fully saturated rings. The molecule has 1 saturated heterocycles. The van der Waals surface area contributed by atoms with Crippen LogP contribution in [0, 0.1) is 0 Å². The van der Waals surface area contributed by atoms with Crippen molar-refractivity contribution in [3.8, 4) is 22.3 Å². The predicted molar refractivity (Wildman–Crippen MR) is 103 cm³/mol. The van der Waals surface area contributed by atoms with Crippen LogP contribution in [0.1, 0.15) is 23.7 Å². The summed E-state index contributed by atoms with van der Waals surface area (Å²) in [5.74, 6) is 2.71. The first-order chi connectivity index (χ1) is 13.8. The lowest BCUT2D eigenvalue weighted by Gasteiger charge is -2.13. The lowest BCUT2D eigenvalue weighted by Crippen LogP contribution is -2.26. The first-order valence-electron chi connectivity index (χ1n) is 9.00. The van der Waals surface area contributed by atoms with Gasteiger partial charge in [0, 0.05) is 25.1 Å². The standard InChI is InChI=1S/C20H17N3O4S/c24-18(6-4-13-3-5-15-16(10-13)26-12-25-15)23-8-7-14(11-23)19-21-20(27-22-19)17-2-1-9-28-17/h1-6,9-10,14H,7-8,11-12H2/b6-4-/t14-/m1/s1. The van der Waals surface area contributed by atoms with Crippen LogP contribution in [-0.2, 0) is 4.79 Å². The normalized spacial score (nSPS) is 18.3. The number of hydrogen-bond acceptors (Lipinski definition) is 7. The van der Waals surface area contributed by atoms with E-state index in [2.05, 4.69) is 10.1 Å². The lowest BCUT2D eigenvalue weighted by atomic mass is 10.1. The summed E-state index contributed by atoms with van der Waals surface area (Å²) in [6.45, 7) is 1.51. The Bertz CT molecular complexity index is 1030. The third-order valence-corrected chi connectivity index (χ3v) is 5.71. The Morgan fingerprint density at radius 3 is 3.07 bits per heavy atom. The average molecular weight is 395 g/mol. The van der Waals surface area contributed by atoms with E-state index in [-0.39, 0.29) is 18.6 Å².